The molecule has 0 aliphatic carbocycles. The Balaban J connectivity index is 1.67. The molecule has 1 aromatic heterocycles. The van der Waals surface area contributed by atoms with Crippen LogP contribution in [-0.2, 0) is 16.0 Å². The van der Waals surface area contributed by atoms with Gasteiger partial charge in [-0.3, -0.25) is 9.59 Å². The Labute approximate surface area is 155 Å². The number of para-hydroxylation sites is 1. The Morgan fingerprint density at radius 3 is 2.58 bits per heavy atom. The summed E-state index contributed by atoms with van der Waals surface area (Å²) in [6.07, 6.45) is 3.52. The van der Waals surface area contributed by atoms with Crippen molar-refractivity contribution in [3.63, 3.8) is 0 Å². The van der Waals surface area contributed by atoms with E-state index in [0.29, 0.717) is 6.42 Å². The van der Waals surface area contributed by atoms with Gasteiger partial charge in [-0.25, -0.2) is 4.98 Å². The molecular formula is C20H19N3O2S. The normalized spacial score (nSPS) is 12.2. The number of hydrogen-bond donors (Lipinski definition) is 2. The Kier molecular flexibility index (Phi) is 5.76. The Hall–Kier alpha value is -2.99. The predicted octanol–water partition coefficient (Wildman–Crippen LogP) is 2.78. The van der Waals surface area contributed by atoms with Crippen LogP contribution in [0.5, 0.6) is 0 Å². The van der Waals surface area contributed by atoms with Crippen molar-refractivity contribution >= 4 is 39.4 Å². The molecule has 132 valence electrons. The van der Waals surface area contributed by atoms with E-state index >= 15 is 0 Å². The maximum absolute atomic E-state index is 12.3. The SMILES string of the molecule is CNC(=O)C(Cc1ccccc1)NC(=O)/C=C/c1nc2ccccc2s1. The van der Waals surface area contributed by atoms with Crippen LogP contribution in [0.4, 0.5) is 0 Å². The summed E-state index contributed by atoms with van der Waals surface area (Å²) in [5, 5.41) is 6.10. The summed E-state index contributed by atoms with van der Waals surface area (Å²) in [4.78, 5) is 28.8. The van der Waals surface area contributed by atoms with Crippen LogP contribution in [-0.4, -0.2) is 29.9 Å². The lowest BCUT2D eigenvalue weighted by Crippen LogP contribution is -2.46. The molecule has 1 heterocycles. The fourth-order valence-electron chi connectivity index (χ4n) is 2.56. The van der Waals surface area contributed by atoms with Crippen LogP contribution in [0.2, 0.25) is 0 Å². The number of likely N-dealkylation sites (N-methyl/N-ethyl adjacent to an activating group) is 1. The average Bonchev–Trinajstić information content (AvgIpc) is 3.09. The molecule has 0 bridgehead atoms. The summed E-state index contributed by atoms with van der Waals surface area (Å²) in [5.41, 5.74) is 1.89. The summed E-state index contributed by atoms with van der Waals surface area (Å²) in [5.74, 6) is -0.552. The van der Waals surface area contributed by atoms with E-state index < -0.39 is 6.04 Å². The lowest BCUT2D eigenvalue weighted by atomic mass is 10.1. The van der Waals surface area contributed by atoms with Gasteiger partial charge in [0.2, 0.25) is 11.8 Å². The van der Waals surface area contributed by atoms with Gasteiger partial charge in [-0.05, 0) is 23.8 Å². The fourth-order valence-corrected chi connectivity index (χ4v) is 3.43. The number of rotatable bonds is 6. The van der Waals surface area contributed by atoms with Crippen molar-refractivity contribution in [3.05, 3.63) is 71.2 Å². The summed E-state index contributed by atoms with van der Waals surface area (Å²) in [6.45, 7) is 0. The zero-order chi connectivity index (χ0) is 18.4. The van der Waals surface area contributed by atoms with Crippen LogP contribution >= 0.6 is 11.3 Å². The molecule has 2 amide bonds. The molecule has 2 aromatic carbocycles. The highest BCUT2D eigenvalue weighted by Gasteiger charge is 2.19. The Morgan fingerprint density at radius 1 is 1.12 bits per heavy atom. The van der Waals surface area contributed by atoms with Crippen molar-refractivity contribution in [1.29, 1.82) is 0 Å². The number of hydrogen-bond acceptors (Lipinski definition) is 4. The van der Waals surface area contributed by atoms with E-state index in [1.165, 1.54) is 17.4 Å². The highest BCUT2D eigenvalue weighted by atomic mass is 32.1. The summed E-state index contributed by atoms with van der Waals surface area (Å²) in [6, 6.07) is 16.8. The van der Waals surface area contributed by atoms with Crippen LogP contribution in [0.15, 0.2) is 60.7 Å². The minimum atomic E-state index is -0.630. The van der Waals surface area contributed by atoms with Crippen LogP contribution < -0.4 is 10.6 Å². The topological polar surface area (TPSA) is 71.1 Å². The van der Waals surface area contributed by atoms with Gasteiger partial charge in [-0.15, -0.1) is 11.3 Å². The van der Waals surface area contributed by atoms with Gasteiger partial charge < -0.3 is 10.6 Å². The van der Waals surface area contributed by atoms with Gasteiger partial charge in [0.15, 0.2) is 0 Å². The summed E-state index contributed by atoms with van der Waals surface area (Å²) in [7, 11) is 1.56. The second-order valence-corrected chi connectivity index (χ2v) is 6.78. The van der Waals surface area contributed by atoms with Crippen LogP contribution in [0.3, 0.4) is 0 Å². The van der Waals surface area contributed by atoms with Gasteiger partial charge in [0.05, 0.1) is 10.2 Å². The lowest BCUT2D eigenvalue weighted by molar-refractivity contribution is -0.126. The highest BCUT2D eigenvalue weighted by molar-refractivity contribution is 7.19. The zero-order valence-electron chi connectivity index (χ0n) is 14.3. The van der Waals surface area contributed by atoms with Gasteiger partial charge in [-0.2, -0.15) is 0 Å². The lowest BCUT2D eigenvalue weighted by Gasteiger charge is -2.16. The van der Waals surface area contributed by atoms with E-state index in [2.05, 4.69) is 15.6 Å². The molecule has 0 saturated heterocycles. The number of nitrogens with zero attached hydrogens (tertiary/aromatic N) is 1. The Bertz CT molecular complexity index is 901. The summed E-state index contributed by atoms with van der Waals surface area (Å²) < 4.78 is 1.07. The molecule has 0 aliphatic rings. The second kappa shape index (κ2) is 8.40. The fraction of sp³-hybridized carbons (Fsp3) is 0.150. The molecule has 26 heavy (non-hydrogen) atoms. The zero-order valence-corrected chi connectivity index (χ0v) is 15.1. The number of benzene rings is 2. The number of thiazole rings is 1. The number of amides is 2. The van der Waals surface area contributed by atoms with Gasteiger partial charge in [0.1, 0.15) is 11.0 Å². The largest absolute Gasteiger partial charge is 0.357 e. The summed E-state index contributed by atoms with van der Waals surface area (Å²) >= 11 is 1.51. The third-order valence-corrected chi connectivity index (χ3v) is 4.85. The van der Waals surface area contributed by atoms with Crippen molar-refractivity contribution in [2.75, 3.05) is 7.05 Å². The Morgan fingerprint density at radius 2 is 1.85 bits per heavy atom. The highest BCUT2D eigenvalue weighted by Crippen LogP contribution is 2.22. The molecule has 6 heteroatoms. The van der Waals surface area contributed by atoms with E-state index in [0.717, 1.165) is 20.8 Å². The van der Waals surface area contributed by atoms with Crippen molar-refractivity contribution in [2.24, 2.45) is 0 Å². The minimum absolute atomic E-state index is 0.226. The van der Waals surface area contributed by atoms with Crippen LogP contribution in [0.1, 0.15) is 10.6 Å². The third kappa shape index (κ3) is 4.55. The first-order valence-electron chi connectivity index (χ1n) is 8.25. The molecule has 0 fully saturated rings. The first-order valence-corrected chi connectivity index (χ1v) is 9.07. The molecule has 1 unspecified atom stereocenters. The average molecular weight is 365 g/mol. The monoisotopic (exact) mass is 365 g/mol. The van der Waals surface area contributed by atoms with E-state index in [-0.39, 0.29) is 11.8 Å². The first kappa shape index (κ1) is 17.8. The molecule has 0 saturated carbocycles. The van der Waals surface area contributed by atoms with Crippen LogP contribution in [0.25, 0.3) is 16.3 Å². The van der Waals surface area contributed by atoms with E-state index in [1.807, 2.05) is 54.6 Å². The number of carbonyl (C=O) groups excluding carboxylic acids is 2. The standard InChI is InChI=1S/C20H19N3O2S/c1-21-20(25)16(13-14-7-3-2-4-8-14)22-18(24)11-12-19-23-15-9-5-6-10-17(15)26-19/h2-12,16H,13H2,1H3,(H,21,25)(H,22,24)/b12-11+. The minimum Gasteiger partial charge on any atom is -0.357 e. The van der Waals surface area contributed by atoms with E-state index in [9.17, 15) is 9.59 Å². The molecule has 0 radical (unpaired) electrons. The molecule has 3 rings (SSSR count). The van der Waals surface area contributed by atoms with Gasteiger partial charge in [-0.1, -0.05) is 42.5 Å². The van der Waals surface area contributed by atoms with Crippen LogP contribution in [0, 0.1) is 0 Å². The smallest absolute Gasteiger partial charge is 0.244 e. The van der Waals surface area contributed by atoms with Gasteiger partial charge in [0, 0.05) is 19.5 Å². The second-order valence-electron chi connectivity index (χ2n) is 5.72. The molecule has 2 N–H and O–H groups in total. The maximum Gasteiger partial charge on any atom is 0.244 e. The van der Waals surface area contributed by atoms with Gasteiger partial charge in [0.25, 0.3) is 0 Å². The van der Waals surface area contributed by atoms with Gasteiger partial charge >= 0.3 is 0 Å². The van der Waals surface area contributed by atoms with E-state index in [4.69, 9.17) is 0 Å². The maximum atomic E-state index is 12.3. The molecule has 0 aliphatic heterocycles. The molecular weight excluding hydrogens is 346 g/mol. The number of fused-ring (bicyclic) bond motifs is 1. The van der Waals surface area contributed by atoms with Crippen molar-refractivity contribution < 1.29 is 9.59 Å². The number of carbonyl (C=O) groups is 2. The van der Waals surface area contributed by atoms with Crippen molar-refractivity contribution in [2.45, 2.75) is 12.5 Å². The number of aromatic nitrogens is 1. The first-order chi connectivity index (χ1) is 12.7. The quantitative estimate of drug-likeness (QED) is 0.660. The third-order valence-electron chi connectivity index (χ3n) is 3.85. The molecule has 0 spiro atoms. The molecule has 3 aromatic rings. The van der Waals surface area contributed by atoms with Crippen molar-refractivity contribution in [1.82, 2.24) is 15.6 Å². The number of nitrogens with one attached hydrogen (secondary N) is 2. The molecule has 1 atom stereocenters. The molecule has 5 nitrogen and oxygen atoms in total. The van der Waals surface area contributed by atoms with Crippen molar-refractivity contribution in [3.8, 4) is 0 Å². The van der Waals surface area contributed by atoms with E-state index in [1.54, 1.807) is 13.1 Å². The predicted molar refractivity (Wildman–Crippen MR) is 105 cm³/mol.